The Hall–Kier alpha value is -2.76. The van der Waals surface area contributed by atoms with Crippen molar-refractivity contribution in [3.63, 3.8) is 0 Å². The highest BCUT2D eigenvalue weighted by Gasteiger charge is 2.12. The number of benzene rings is 1. The summed E-state index contributed by atoms with van der Waals surface area (Å²) < 4.78 is 5.25. The van der Waals surface area contributed by atoms with Crippen LogP contribution in [-0.4, -0.2) is 22.3 Å². The number of phenolic OH excluding ortho intramolecular Hbond substituents is 2. The van der Waals surface area contributed by atoms with Gasteiger partial charge in [0, 0.05) is 5.56 Å². The van der Waals surface area contributed by atoms with Gasteiger partial charge in [0.1, 0.15) is 11.5 Å². The predicted molar refractivity (Wildman–Crippen MR) is 73.0 cm³/mol. The predicted octanol–water partition coefficient (Wildman–Crippen LogP) is 2.07. The van der Waals surface area contributed by atoms with E-state index in [1.165, 1.54) is 12.3 Å². The molecule has 2 aromatic rings. The second kappa shape index (κ2) is 5.48. The molecule has 1 amide bonds. The van der Waals surface area contributed by atoms with Crippen molar-refractivity contribution >= 4 is 12.1 Å². The molecule has 0 aliphatic carbocycles. The fourth-order valence-corrected chi connectivity index (χ4v) is 1.73. The molecule has 1 heterocycles. The number of para-hydroxylation sites is 1. The van der Waals surface area contributed by atoms with Crippen LogP contribution in [-0.2, 0) is 0 Å². The van der Waals surface area contributed by atoms with Crippen molar-refractivity contribution in [3.8, 4) is 11.5 Å². The summed E-state index contributed by atoms with van der Waals surface area (Å²) in [6.45, 7) is 3.44. The number of aryl methyl sites for hydroxylation is 2. The summed E-state index contributed by atoms with van der Waals surface area (Å²) in [7, 11) is 0. The molecule has 0 bridgehead atoms. The maximum atomic E-state index is 11.8. The Kier molecular flexibility index (Phi) is 3.74. The van der Waals surface area contributed by atoms with E-state index in [1.54, 1.807) is 32.0 Å². The van der Waals surface area contributed by atoms with Crippen molar-refractivity contribution in [1.82, 2.24) is 5.43 Å². The summed E-state index contributed by atoms with van der Waals surface area (Å²) in [4.78, 5) is 11.8. The van der Waals surface area contributed by atoms with Crippen molar-refractivity contribution in [3.05, 3.63) is 46.9 Å². The van der Waals surface area contributed by atoms with Gasteiger partial charge in [-0.1, -0.05) is 6.07 Å². The molecule has 104 valence electrons. The van der Waals surface area contributed by atoms with Crippen molar-refractivity contribution in [2.24, 2.45) is 5.10 Å². The van der Waals surface area contributed by atoms with Crippen molar-refractivity contribution < 1.29 is 19.4 Å². The van der Waals surface area contributed by atoms with Crippen LogP contribution < -0.4 is 5.43 Å². The number of rotatable bonds is 3. The van der Waals surface area contributed by atoms with Gasteiger partial charge in [0.2, 0.25) is 0 Å². The van der Waals surface area contributed by atoms with Crippen LogP contribution in [0.3, 0.4) is 0 Å². The number of furan rings is 1. The maximum absolute atomic E-state index is 11.8. The molecule has 3 N–H and O–H groups in total. The van der Waals surface area contributed by atoms with Crippen LogP contribution in [0.4, 0.5) is 0 Å². The van der Waals surface area contributed by atoms with E-state index in [0.29, 0.717) is 22.6 Å². The molecule has 0 radical (unpaired) electrons. The van der Waals surface area contributed by atoms with Gasteiger partial charge in [0.05, 0.1) is 11.8 Å². The summed E-state index contributed by atoms with van der Waals surface area (Å²) in [5, 5.41) is 22.6. The SMILES string of the molecule is Cc1cc(C(=O)N/N=C/c2cccc(O)c2O)c(C)o1. The topological polar surface area (TPSA) is 95.1 Å². The van der Waals surface area contributed by atoms with E-state index in [2.05, 4.69) is 10.5 Å². The van der Waals surface area contributed by atoms with Crippen LogP contribution in [0.2, 0.25) is 0 Å². The second-order valence-electron chi connectivity index (χ2n) is 4.24. The molecule has 6 heteroatoms. The number of hydrogen-bond acceptors (Lipinski definition) is 5. The largest absolute Gasteiger partial charge is 0.504 e. The molecular weight excluding hydrogens is 260 g/mol. The van der Waals surface area contributed by atoms with Gasteiger partial charge in [0.15, 0.2) is 11.5 Å². The minimum Gasteiger partial charge on any atom is -0.504 e. The normalized spacial score (nSPS) is 10.9. The number of carbonyl (C=O) groups is 1. The molecule has 0 spiro atoms. The molecule has 2 rings (SSSR count). The van der Waals surface area contributed by atoms with Crippen molar-refractivity contribution in [2.75, 3.05) is 0 Å². The van der Waals surface area contributed by atoms with Crippen molar-refractivity contribution in [1.29, 1.82) is 0 Å². The van der Waals surface area contributed by atoms with E-state index in [0.717, 1.165) is 0 Å². The van der Waals surface area contributed by atoms with Gasteiger partial charge in [-0.05, 0) is 32.0 Å². The van der Waals surface area contributed by atoms with Gasteiger partial charge in [-0.2, -0.15) is 5.10 Å². The minimum atomic E-state index is -0.407. The number of nitrogens with zero attached hydrogens (tertiary/aromatic N) is 1. The number of nitrogens with one attached hydrogen (secondary N) is 1. The number of phenols is 2. The quantitative estimate of drug-likeness (QED) is 0.453. The molecule has 0 atom stereocenters. The highest BCUT2D eigenvalue weighted by molar-refractivity contribution is 5.96. The molecule has 0 saturated heterocycles. The standard InChI is InChI=1S/C14H14N2O4/c1-8-6-11(9(2)20-8)14(19)16-15-7-10-4-3-5-12(17)13(10)18/h3-7,17-18H,1-2H3,(H,16,19)/b15-7+. The van der Waals surface area contributed by atoms with Crippen molar-refractivity contribution in [2.45, 2.75) is 13.8 Å². The Bertz CT molecular complexity index is 674. The number of aromatic hydroxyl groups is 2. The van der Waals surface area contributed by atoms with E-state index >= 15 is 0 Å². The molecule has 0 aliphatic heterocycles. The molecule has 0 aliphatic rings. The fourth-order valence-electron chi connectivity index (χ4n) is 1.73. The van der Waals surface area contributed by atoms with Gasteiger partial charge < -0.3 is 14.6 Å². The maximum Gasteiger partial charge on any atom is 0.274 e. The lowest BCUT2D eigenvalue weighted by atomic mass is 10.2. The van der Waals surface area contributed by atoms with E-state index in [9.17, 15) is 15.0 Å². The Morgan fingerprint density at radius 2 is 2.10 bits per heavy atom. The van der Waals surface area contributed by atoms with Gasteiger partial charge in [-0.25, -0.2) is 5.43 Å². The fraction of sp³-hybridized carbons (Fsp3) is 0.143. The first-order valence-corrected chi connectivity index (χ1v) is 5.90. The lowest BCUT2D eigenvalue weighted by molar-refractivity contribution is 0.0953. The van der Waals surface area contributed by atoms with Crippen LogP contribution in [0.15, 0.2) is 33.8 Å². The molecule has 0 fully saturated rings. The summed E-state index contributed by atoms with van der Waals surface area (Å²) in [6, 6.07) is 6.08. The van der Waals surface area contributed by atoms with E-state index in [1.807, 2.05) is 0 Å². The van der Waals surface area contributed by atoms with Gasteiger partial charge in [0.25, 0.3) is 5.91 Å². The summed E-state index contributed by atoms with van der Waals surface area (Å²) >= 11 is 0. The second-order valence-corrected chi connectivity index (χ2v) is 4.24. The summed E-state index contributed by atoms with van der Waals surface area (Å²) in [5.74, 6) is 0.204. The number of amides is 1. The third kappa shape index (κ3) is 2.80. The van der Waals surface area contributed by atoms with Crippen LogP contribution in [0, 0.1) is 13.8 Å². The Balaban J connectivity index is 2.08. The molecule has 0 saturated carbocycles. The first kappa shape index (κ1) is 13.7. The first-order valence-electron chi connectivity index (χ1n) is 5.90. The third-order valence-corrected chi connectivity index (χ3v) is 2.70. The lowest BCUT2D eigenvalue weighted by Gasteiger charge is -2.01. The van der Waals surface area contributed by atoms with Crippen LogP contribution >= 0.6 is 0 Å². The minimum absolute atomic E-state index is 0.249. The summed E-state index contributed by atoms with van der Waals surface area (Å²) in [5.41, 5.74) is 3.03. The zero-order chi connectivity index (χ0) is 14.7. The lowest BCUT2D eigenvalue weighted by Crippen LogP contribution is -2.17. The first-order chi connectivity index (χ1) is 9.49. The molecule has 20 heavy (non-hydrogen) atoms. The molecule has 1 aromatic heterocycles. The number of carbonyl (C=O) groups excluding carboxylic acids is 1. The molecular formula is C14H14N2O4. The number of hydrogen-bond donors (Lipinski definition) is 3. The molecule has 0 unspecified atom stereocenters. The zero-order valence-corrected chi connectivity index (χ0v) is 11.0. The van der Waals surface area contributed by atoms with Gasteiger partial charge in [-0.15, -0.1) is 0 Å². The Morgan fingerprint density at radius 1 is 1.35 bits per heavy atom. The molecule has 1 aromatic carbocycles. The third-order valence-electron chi connectivity index (χ3n) is 2.70. The van der Waals surface area contributed by atoms with Crippen LogP contribution in [0.5, 0.6) is 11.5 Å². The Morgan fingerprint density at radius 3 is 2.75 bits per heavy atom. The average molecular weight is 274 g/mol. The highest BCUT2D eigenvalue weighted by atomic mass is 16.3. The monoisotopic (exact) mass is 274 g/mol. The van der Waals surface area contributed by atoms with Crippen LogP contribution in [0.1, 0.15) is 27.4 Å². The van der Waals surface area contributed by atoms with Gasteiger partial charge >= 0.3 is 0 Å². The summed E-state index contributed by atoms with van der Waals surface area (Å²) in [6.07, 6.45) is 1.25. The smallest absolute Gasteiger partial charge is 0.274 e. The van der Waals surface area contributed by atoms with Gasteiger partial charge in [-0.3, -0.25) is 4.79 Å². The van der Waals surface area contributed by atoms with E-state index < -0.39 is 5.91 Å². The Labute approximate surface area is 115 Å². The zero-order valence-electron chi connectivity index (χ0n) is 11.0. The number of hydrazone groups is 1. The van der Waals surface area contributed by atoms with Crippen LogP contribution in [0.25, 0.3) is 0 Å². The molecule has 6 nitrogen and oxygen atoms in total. The highest BCUT2D eigenvalue weighted by Crippen LogP contribution is 2.26. The van der Waals surface area contributed by atoms with E-state index in [-0.39, 0.29) is 11.5 Å². The van der Waals surface area contributed by atoms with E-state index in [4.69, 9.17) is 4.42 Å². The average Bonchev–Trinajstić information content (AvgIpc) is 2.73.